The van der Waals surface area contributed by atoms with E-state index < -0.39 is 21.7 Å². The molecule has 0 aromatic carbocycles. The molecule has 0 bridgehead atoms. The number of pyridine rings is 1. The third-order valence-corrected chi connectivity index (χ3v) is 7.65. The van der Waals surface area contributed by atoms with Crippen LogP contribution in [0.3, 0.4) is 0 Å². The average Bonchev–Trinajstić information content (AvgIpc) is 3.31. The summed E-state index contributed by atoms with van der Waals surface area (Å²) < 4.78 is 55.9. The van der Waals surface area contributed by atoms with Gasteiger partial charge in [-0.15, -0.1) is 0 Å². The van der Waals surface area contributed by atoms with Crippen LogP contribution >= 0.6 is 0 Å². The first-order valence-electron chi connectivity index (χ1n) is 11.6. The third kappa shape index (κ3) is 7.14. The largest absolute Gasteiger partial charge is 0.473 e. The van der Waals surface area contributed by atoms with Crippen molar-refractivity contribution < 1.29 is 36.6 Å². The number of piperidine rings is 1. The van der Waals surface area contributed by atoms with E-state index in [2.05, 4.69) is 15.6 Å². The van der Waals surface area contributed by atoms with Crippen molar-refractivity contribution in [3.05, 3.63) is 30.2 Å². The molecule has 2 aliphatic rings. The predicted molar refractivity (Wildman–Crippen MR) is 127 cm³/mol. The van der Waals surface area contributed by atoms with Gasteiger partial charge in [0.15, 0.2) is 0 Å². The number of rotatable bonds is 11. The number of nitrogens with one attached hydrogen (secondary N) is 2. The minimum atomic E-state index is -3.77. The fourth-order valence-electron chi connectivity index (χ4n) is 4.01. The second-order valence-electron chi connectivity index (χ2n) is 9.70. The van der Waals surface area contributed by atoms with Gasteiger partial charge in [-0.2, -0.15) is 4.31 Å². The maximum absolute atomic E-state index is 13.2. The Kier molecular flexibility index (Phi) is 8.90. The van der Waals surface area contributed by atoms with Crippen molar-refractivity contribution in [2.24, 2.45) is 17.8 Å². The fourth-order valence-corrected chi connectivity index (χ4v) is 5.47. The summed E-state index contributed by atoms with van der Waals surface area (Å²) in [7, 11) is -2.21. The zero-order chi connectivity index (χ0) is 26.5. The summed E-state index contributed by atoms with van der Waals surface area (Å²) in [6.07, 6.45) is 0.813. The van der Waals surface area contributed by atoms with Crippen molar-refractivity contribution in [3.63, 3.8) is 0 Å². The highest BCUT2D eigenvalue weighted by Gasteiger charge is 2.61. The first kappa shape index (κ1) is 27.8. The van der Waals surface area contributed by atoms with Crippen LogP contribution in [-0.2, 0) is 24.3 Å². The molecule has 2 unspecified atom stereocenters. The molecule has 0 radical (unpaired) electrons. The second kappa shape index (κ2) is 11.5. The van der Waals surface area contributed by atoms with Gasteiger partial charge in [-0.1, -0.05) is 0 Å². The van der Waals surface area contributed by atoms with E-state index in [0.717, 1.165) is 0 Å². The van der Waals surface area contributed by atoms with Crippen LogP contribution in [0.1, 0.15) is 20.8 Å². The maximum Gasteiger partial charge on any atom is 0.407 e. The molecular weight excluding hydrogens is 495 g/mol. The number of hydrogen-bond donors (Lipinski definition) is 2. The van der Waals surface area contributed by atoms with E-state index in [1.54, 1.807) is 27.9 Å². The number of carbonyl (C=O) groups excluding carboxylic acids is 2. The zero-order valence-electron chi connectivity index (χ0n) is 20.8. The van der Waals surface area contributed by atoms with Crippen LogP contribution in [0.4, 0.5) is 9.18 Å². The average molecular weight is 529 g/mol. The molecule has 13 heteroatoms. The Bertz CT molecular complexity index is 1060. The number of methoxy groups -OCH3 is 1. The molecule has 2 N–H and O–H groups in total. The highest BCUT2D eigenvalue weighted by Crippen LogP contribution is 2.52. The quantitative estimate of drug-likeness (QED) is 0.412. The van der Waals surface area contributed by atoms with E-state index in [4.69, 9.17) is 14.2 Å². The van der Waals surface area contributed by atoms with Crippen molar-refractivity contribution in [2.45, 2.75) is 31.3 Å². The maximum atomic E-state index is 13.2. The van der Waals surface area contributed by atoms with Gasteiger partial charge in [0.05, 0.1) is 19.1 Å². The summed E-state index contributed by atoms with van der Waals surface area (Å²) in [5.41, 5.74) is -0.543. The molecule has 1 saturated carbocycles. The van der Waals surface area contributed by atoms with Crippen LogP contribution in [0, 0.1) is 17.8 Å². The molecule has 1 aromatic heterocycles. The Labute approximate surface area is 210 Å². The SMILES string of the molecule is COCCNC(=O)C1C2CN(S(=O)(=O)c3ccc(OCC(=CF)CNC(=O)OC(C)(C)C)nc3)CC21. The van der Waals surface area contributed by atoms with Gasteiger partial charge in [-0.3, -0.25) is 4.79 Å². The highest BCUT2D eigenvalue weighted by molar-refractivity contribution is 7.89. The van der Waals surface area contributed by atoms with Crippen LogP contribution in [0.25, 0.3) is 0 Å². The van der Waals surface area contributed by atoms with Crippen molar-refractivity contribution in [3.8, 4) is 5.88 Å². The van der Waals surface area contributed by atoms with Crippen molar-refractivity contribution in [2.75, 3.05) is 46.5 Å². The molecule has 2 heterocycles. The number of nitrogens with zero attached hydrogens (tertiary/aromatic N) is 2. The molecule has 36 heavy (non-hydrogen) atoms. The molecule has 1 aromatic rings. The normalized spacial score (nSPS) is 22.0. The van der Waals surface area contributed by atoms with E-state index in [1.165, 1.54) is 22.6 Å². The molecule has 2 atom stereocenters. The Hall–Kier alpha value is -2.77. The number of carbonyl (C=O) groups is 2. The number of alkyl carbamates (subject to hydrolysis) is 1. The Morgan fingerprint density at radius 1 is 1.22 bits per heavy atom. The smallest absolute Gasteiger partial charge is 0.407 e. The number of amides is 2. The second-order valence-corrected chi connectivity index (χ2v) is 11.6. The molecule has 200 valence electrons. The van der Waals surface area contributed by atoms with Gasteiger partial charge >= 0.3 is 6.09 Å². The molecule has 1 aliphatic carbocycles. The lowest BCUT2D eigenvalue weighted by molar-refractivity contribution is -0.123. The van der Waals surface area contributed by atoms with Gasteiger partial charge in [-0.05, 0) is 38.7 Å². The van der Waals surface area contributed by atoms with Gasteiger partial charge in [0.2, 0.25) is 21.8 Å². The van der Waals surface area contributed by atoms with Crippen molar-refractivity contribution >= 4 is 22.0 Å². The van der Waals surface area contributed by atoms with Gasteiger partial charge in [0, 0.05) is 50.8 Å². The summed E-state index contributed by atoms with van der Waals surface area (Å²) >= 11 is 0. The Balaban J connectivity index is 1.47. The van der Waals surface area contributed by atoms with Crippen LogP contribution in [0.2, 0.25) is 0 Å². The lowest BCUT2D eigenvalue weighted by Crippen LogP contribution is -2.36. The molecule has 11 nitrogen and oxygen atoms in total. The molecule has 1 aliphatic heterocycles. The van der Waals surface area contributed by atoms with E-state index >= 15 is 0 Å². The van der Waals surface area contributed by atoms with Crippen LogP contribution in [-0.4, -0.2) is 81.8 Å². The highest BCUT2D eigenvalue weighted by atomic mass is 32.2. The number of aromatic nitrogens is 1. The summed E-state index contributed by atoms with van der Waals surface area (Å²) in [5.74, 6) is -0.103. The van der Waals surface area contributed by atoms with Crippen LogP contribution in [0.15, 0.2) is 35.1 Å². The predicted octanol–water partition coefficient (Wildman–Crippen LogP) is 1.47. The van der Waals surface area contributed by atoms with Crippen molar-refractivity contribution in [1.82, 2.24) is 19.9 Å². The summed E-state index contributed by atoms with van der Waals surface area (Å²) in [6, 6.07) is 2.75. The lowest BCUT2D eigenvalue weighted by atomic mass is 10.2. The zero-order valence-corrected chi connectivity index (χ0v) is 21.6. The van der Waals surface area contributed by atoms with Crippen molar-refractivity contribution in [1.29, 1.82) is 0 Å². The summed E-state index contributed by atoms with van der Waals surface area (Å²) in [6.45, 7) is 6.23. The molecule has 2 amide bonds. The van der Waals surface area contributed by atoms with Gasteiger partial charge in [-0.25, -0.2) is 22.6 Å². The minimum absolute atomic E-state index is 0.00472. The monoisotopic (exact) mass is 528 g/mol. The molecule has 1 saturated heterocycles. The standard InChI is InChI=1S/C23H33FN4O7S/c1-23(2,3)35-22(30)27-10-15(9-24)14-34-19-6-5-16(11-26-19)36(31,32)28-12-17-18(13-28)20(17)21(29)25-7-8-33-4/h5-6,9,11,17-18,20H,7-8,10,12-14H2,1-4H3,(H,25,29)(H,27,30). The van der Waals surface area contributed by atoms with E-state index in [0.29, 0.717) is 19.5 Å². The number of ether oxygens (including phenoxy) is 3. The number of hydrogen-bond acceptors (Lipinski definition) is 8. The van der Waals surface area contributed by atoms with Gasteiger partial charge in [0.25, 0.3) is 0 Å². The minimum Gasteiger partial charge on any atom is -0.473 e. The van der Waals surface area contributed by atoms with Gasteiger partial charge in [0.1, 0.15) is 17.1 Å². The molecular formula is C23H33FN4O7S. The number of sulfonamides is 1. The molecule has 0 spiro atoms. The first-order chi connectivity index (χ1) is 17.0. The molecule has 3 rings (SSSR count). The van der Waals surface area contributed by atoms with Gasteiger partial charge < -0.3 is 24.8 Å². The van der Waals surface area contributed by atoms with E-state index in [1.807, 2.05) is 0 Å². The van der Waals surface area contributed by atoms with Crippen LogP contribution in [0.5, 0.6) is 5.88 Å². The Morgan fingerprint density at radius 3 is 2.47 bits per heavy atom. The number of halogens is 1. The Morgan fingerprint density at radius 2 is 1.92 bits per heavy atom. The third-order valence-electron chi connectivity index (χ3n) is 5.83. The summed E-state index contributed by atoms with van der Waals surface area (Å²) in [4.78, 5) is 27.9. The topological polar surface area (TPSA) is 136 Å². The van der Waals surface area contributed by atoms with E-state index in [-0.39, 0.29) is 66.3 Å². The molecule has 2 fully saturated rings. The lowest BCUT2D eigenvalue weighted by Gasteiger charge is -2.20. The fraction of sp³-hybridized carbons (Fsp3) is 0.609. The summed E-state index contributed by atoms with van der Waals surface area (Å²) in [5, 5.41) is 5.23. The number of fused-ring (bicyclic) bond motifs is 1. The first-order valence-corrected chi connectivity index (χ1v) is 13.0. The van der Waals surface area contributed by atoms with Crippen LogP contribution < -0.4 is 15.4 Å². The van der Waals surface area contributed by atoms with E-state index in [9.17, 15) is 22.4 Å².